The van der Waals surface area contributed by atoms with Gasteiger partial charge in [-0.15, -0.1) is 0 Å². The maximum Gasteiger partial charge on any atom is 0.161 e. The van der Waals surface area contributed by atoms with E-state index >= 15 is 0 Å². The van der Waals surface area contributed by atoms with Crippen molar-refractivity contribution in [3.05, 3.63) is 23.8 Å². The highest BCUT2D eigenvalue weighted by molar-refractivity contribution is 5.43. The van der Waals surface area contributed by atoms with Gasteiger partial charge in [0.05, 0.1) is 20.8 Å². The average Bonchev–Trinajstić information content (AvgIpc) is 3.06. The molecule has 0 radical (unpaired) electrons. The standard InChI is InChI=1S/C16H26N2O3/c1-17-14(10-18(2)13-7-8-21-11-13)12-5-6-15(19-3)16(9-12)20-4/h5-6,9,13-14,17H,7-8,10-11H2,1-4H3. The fourth-order valence-electron chi connectivity index (χ4n) is 2.74. The maximum absolute atomic E-state index is 5.47. The number of likely N-dealkylation sites (N-methyl/N-ethyl adjacent to an activating group) is 2. The number of nitrogens with one attached hydrogen (secondary N) is 1. The molecule has 1 N–H and O–H groups in total. The van der Waals surface area contributed by atoms with Crippen LogP contribution in [-0.2, 0) is 4.74 Å². The largest absolute Gasteiger partial charge is 0.493 e. The molecule has 1 heterocycles. The van der Waals surface area contributed by atoms with Crippen LogP contribution in [0, 0.1) is 0 Å². The van der Waals surface area contributed by atoms with Crippen molar-refractivity contribution in [1.29, 1.82) is 0 Å². The lowest BCUT2D eigenvalue weighted by Gasteiger charge is -2.28. The van der Waals surface area contributed by atoms with E-state index in [1.807, 2.05) is 19.2 Å². The van der Waals surface area contributed by atoms with Gasteiger partial charge in [0.25, 0.3) is 0 Å². The lowest BCUT2D eigenvalue weighted by molar-refractivity contribution is 0.153. The highest BCUT2D eigenvalue weighted by Gasteiger charge is 2.23. The SMILES string of the molecule is CNC(CN(C)C1CCOC1)c1ccc(OC)c(OC)c1. The molecule has 1 aliphatic heterocycles. The third-order valence-corrected chi connectivity index (χ3v) is 4.16. The van der Waals surface area contributed by atoms with Crippen molar-refractivity contribution in [3.8, 4) is 11.5 Å². The summed E-state index contributed by atoms with van der Waals surface area (Å²) in [5.41, 5.74) is 1.20. The van der Waals surface area contributed by atoms with Crippen LogP contribution in [-0.4, -0.2) is 59.0 Å². The third-order valence-electron chi connectivity index (χ3n) is 4.16. The lowest BCUT2D eigenvalue weighted by atomic mass is 10.0. The van der Waals surface area contributed by atoms with Gasteiger partial charge in [-0.1, -0.05) is 6.07 Å². The first kappa shape index (κ1) is 16.1. The van der Waals surface area contributed by atoms with Crippen molar-refractivity contribution in [2.75, 3.05) is 48.1 Å². The summed E-state index contributed by atoms with van der Waals surface area (Å²) in [7, 11) is 7.46. The van der Waals surface area contributed by atoms with Crippen LogP contribution in [0.25, 0.3) is 0 Å². The summed E-state index contributed by atoms with van der Waals surface area (Å²) in [5, 5.41) is 3.38. The molecule has 0 aromatic heterocycles. The molecule has 118 valence electrons. The van der Waals surface area contributed by atoms with Crippen molar-refractivity contribution < 1.29 is 14.2 Å². The first-order valence-corrected chi connectivity index (χ1v) is 7.36. The molecule has 0 amide bonds. The van der Waals surface area contributed by atoms with Crippen LogP contribution in [0.1, 0.15) is 18.0 Å². The molecule has 1 aromatic rings. The second kappa shape index (κ2) is 7.64. The number of hydrogen-bond acceptors (Lipinski definition) is 5. The summed E-state index contributed by atoms with van der Waals surface area (Å²) in [6, 6.07) is 6.84. The minimum atomic E-state index is 0.246. The Morgan fingerprint density at radius 2 is 2.10 bits per heavy atom. The van der Waals surface area contributed by atoms with Crippen molar-refractivity contribution >= 4 is 0 Å². The molecule has 5 heteroatoms. The molecule has 0 aliphatic carbocycles. The van der Waals surface area contributed by atoms with Gasteiger partial charge in [0.1, 0.15) is 0 Å². The van der Waals surface area contributed by atoms with Gasteiger partial charge in [0.15, 0.2) is 11.5 Å². The molecular formula is C16H26N2O3. The van der Waals surface area contributed by atoms with E-state index in [-0.39, 0.29) is 6.04 Å². The van der Waals surface area contributed by atoms with Crippen LogP contribution in [0.3, 0.4) is 0 Å². The van der Waals surface area contributed by atoms with Gasteiger partial charge >= 0.3 is 0 Å². The molecule has 2 rings (SSSR count). The maximum atomic E-state index is 5.47. The number of rotatable bonds is 7. The van der Waals surface area contributed by atoms with E-state index in [4.69, 9.17) is 14.2 Å². The van der Waals surface area contributed by atoms with E-state index in [0.29, 0.717) is 6.04 Å². The minimum Gasteiger partial charge on any atom is -0.493 e. The van der Waals surface area contributed by atoms with Crippen LogP contribution in [0.5, 0.6) is 11.5 Å². The van der Waals surface area contributed by atoms with E-state index in [2.05, 4.69) is 23.3 Å². The van der Waals surface area contributed by atoms with Crippen LogP contribution >= 0.6 is 0 Å². The van der Waals surface area contributed by atoms with Crippen LogP contribution < -0.4 is 14.8 Å². The fraction of sp³-hybridized carbons (Fsp3) is 0.625. The second-order valence-electron chi connectivity index (χ2n) is 5.41. The van der Waals surface area contributed by atoms with Gasteiger partial charge in [-0.3, -0.25) is 4.90 Å². The summed E-state index contributed by atoms with van der Waals surface area (Å²) < 4.78 is 16.2. The highest BCUT2D eigenvalue weighted by atomic mass is 16.5. The second-order valence-corrected chi connectivity index (χ2v) is 5.41. The van der Waals surface area contributed by atoms with Crippen LogP contribution in [0.2, 0.25) is 0 Å². The topological polar surface area (TPSA) is 43.0 Å². The average molecular weight is 294 g/mol. The molecule has 0 bridgehead atoms. The summed E-state index contributed by atoms with van der Waals surface area (Å²) >= 11 is 0. The third kappa shape index (κ3) is 3.87. The Kier molecular flexibility index (Phi) is 5.85. The predicted molar refractivity (Wildman–Crippen MR) is 83.2 cm³/mol. The molecule has 1 aromatic carbocycles. The molecule has 5 nitrogen and oxygen atoms in total. The van der Waals surface area contributed by atoms with Gasteiger partial charge < -0.3 is 19.5 Å². The summed E-state index contributed by atoms with van der Waals surface area (Å²) in [6.07, 6.45) is 1.11. The van der Waals surface area contributed by atoms with Crippen molar-refractivity contribution in [3.63, 3.8) is 0 Å². The zero-order valence-corrected chi connectivity index (χ0v) is 13.4. The smallest absolute Gasteiger partial charge is 0.161 e. The monoisotopic (exact) mass is 294 g/mol. The lowest BCUT2D eigenvalue weighted by Crippen LogP contribution is -2.38. The van der Waals surface area contributed by atoms with E-state index < -0.39 is 0 Å². The Morgan fingerprint density at radius 1 is 1.33 bits per heavy atom. The van der Waals surface area contributed by atoms with Gasteiger partial charge in [-0.05, 0) is 38.2 Å². The number of hydrogen-bond donors (Lipinski definition) is 1. The molecule has 2 unspecified atom stereocenters. The van der Waals surface area contributed by atoms with Crippen molar-refractivity contribution in [1.82, 2.24) is 10.2 Å². The first-order valence-electron chi connectivity index (χ1n) is 7.36. The molecule has 21 heavy (non-hydrogen) atoms. The number of ether oxygens (including phenoxy) is 3. The Bertz CT molecular complexity index is 447. The van der Waals surface area contributed by atoms with Crippen LogP contribution in [0.15, 0.2) is 18.2 Å². The molecule has 0 saturated carbocycles. The van der Waals surface area contributed by atoms with Crippen molar-refractivity contribution in [2.24, 2.45) is 0 Å². The number of benzene rings is 1. The Labute approximate surface area is 127 Å². The summed E-state index contributed by atoms with van der Waals surface area (Å²) in [5.74, 6) is 1.52. The fourth-order valence-corrected chi connectivity index (χ4v) is 2.74. The van der Waals surface area contributed by atoms with Gasteiger partial charge in [0, 0.05) is 25.2 Å². The number of nitrogens with zero attached hydrogens (tertiary/aromatic N) is 1. The summed E-state index contributed by atoms with van der Waals surface area (Å²) in [6.45, 7) is 2.63. The Hall–Kier alpha value is -1.30. The zero-order chi connectivity index (χ0) is 15.2. The molecule has 1 fully saturated rings. The zero-order valence-electron chi connectivity index (χ0n) is 13.4. The van der Waals surface area contributed by atoms with Crippen molar-refractivity contribution in [2.45, 2.75) is 18.5 Å². The van der Waals surface area contributed by atoms with Gasteiger partial charge in [0.2, 0.25) is 0 Å². The van der Waals surface area contributed by atoms with E-state index in [1.54, 1.807) is 14.2 Å². The minimum absolute atomic E-state index is 0.246. The molecule has 2 atom stereocenters. The normalized spacial score (nSPS) is 19.8. The van der Waals surface area contributed by atoms with Gasteiger partial charge in [-0.25, -0.2) is 0 Å². The Balaban J connectivity index is 2.09. The first-order chi connectivity index (χ1) is 10.2. The van der Waals surface area contributed by atoms with E-state index in [1.165, 1.54) is 5.56 Å². The predicted octanol–water partition coefficient (Wildman–Crippen LogP) is 1.68. The molecule has 0 spiro atoms. The van der Waals surface area contributed by atoms with Gasteiger partial charge in [-0.2, -0.15) is 0 Å². The molecule has 1 saturated heterocycles. The molecular weight excluding hydrogens is 268 g/mol. The van der Waals surface area contributed by atoms with E-state index in [0.717, 1.165) is 37.7 Å². The van der Waals surface area contributed by atoms with Crippen LogP contribution in [0.4, 0.5) is 0 Å². The Morgan fingerprint density at radius 3 is 2.67 bits per heavy atom. The van der Waals surface area contributed by atoms with E-state index in [9.17, 15) is 0 Å². The quantitative estimate of drug-likeness (QED) is 0.829. The number of methoxy groups -OCH3 is 2. The molecule has 1 aliphatic rings. The highest BCUT2D eigenvalue weighted by Crippen LogP contribution is 2.30. The summed E-state index contributed by atoms with van der Waals surface area (Å²) in [4.78, 5) is 2.37.